The molecule has 0 amide bonds. The maximum Gasteiger partial charge on any atom is 0.203 e. The van der Waals surface area contributed by atoms with Gasteiger partial charge in [-0.05, 0) is 60.9 Å². The van der Waals surface area contributed by atoms with Crippen molar-refractivity contribution in [2.24, 2.45) is 0 Å². The van der Waals surface area contributed by atoms with E-state index in [4.69, 9.17) is 14.2 Å². The summed E-state index contributed by atoms with van der Waals surface area (Å²) in [6.07, 6.45) is 5.78. The quantitative estimate of drug-likeness (QED) is 0.542. The molecular weight excluding hydrogens is 342 g/mol. The molecule has 3 rings (SSSR count). The molecule has 27 heavy (non-hydrogen) atoms. The van der Waals surface area contributed by atoms with E-state index in [-0.39, 0.29) is 5.78 Å². The Kier molecular flexibility index (Phi) is 6.01. The number of ether oxygens (including phenoxy) is 3. The predicted molar refractivity (Wildman–Crippen MR) is 107 cm³/mol. The highest BCUT2D eigenvalue weighted by molar-refractivity contribution is 6.07. The number of carbonyl (C=O) groups is 1. The Morgan fingerprint density at radius 2 is 1.52 bits per heavy atom. The van der Waals surface area contributed by atoms with E-state index in [1.807, 2.05) is 36.4 Å². The Balaban J connectivity index is 1.76. The van der Waals surface area contributed by atoms with Crippen LogP contribution in [0.25, 0.3) is 6.08 Å². The van der Waals surface area contributed by atoms with Gasteiger partial charge in [-0.25, -0.2) is 0 Å². The lowest BCUT2D eigenvalue weighted by molar-refractivity contribution is 0.104. The van der Waals surface area contributed by atoms with E-state index < -0.39 is 0 Å². The molecule has 0 aliphatic carbocycles. The number of nitrogens with zero attached hydrogens (tertiary/aromatic N) is 1. The highest BCUT2D eigenvalue weighted by Crippen LogP contribution is 2.38. The number of hydrogen-bond donors (Lipinski definition) is 0. The molecule has 5 heteroatoms. The zero-order valence-corrected chi connectivity index (χ0v) is 16.0. The minimum Gasteiger partial charge on any atom is -0.493 e. The van der Waals surface area contributed by atoms with Gasteiger partial charge in [0.15, 0.2) is 17.3 Å². The summed E-state index contributed by atoms with van der Waals surface area (Å²) < 4.78 is 16.0. The smallest absolute Gasteiger partial charge is 0.203 e. The van der Waals surface area contributed by atoms with E-state index in [0.29, 0.717) is 22.8 Å². The van der Waals surface area contributed by atoms with Crippen molar-refractivity contribution in [3.05, 3.63) is 53.6 Å². The third kappa shape index (κ3) is 4.25. The standard InChI is InChI=1S/C22H25NO4/c1-25-20-14-16(15-21(26-2)22(20)27-3)6-11-19(24)17-7-9-18(10-8-17)23-12-4-5-13-23/h6-11,14-15H,4-5,12-13H2,1-3H3/b11-6+. The molecule has 2 aromatic carbocycles. The van der Waals surface area contributed by atoms with E-state index in [1.165, 1.54) is 18.5 Å². The van der Waals surface area contributed by atoms with Gasteiger partial charge in [-0.3, -0.25) is 4.79 Å². The van der Waals surface area contributed by atoms with Gasteiger partial charge in [0.2, 0.25) is 5.75 Å². The molecule has 1 aliphatic heterocycles. The van der Waals surface area contributed by atoms with Crippen LogP contribution < -0.4 is 19.1 Å². The van der Waals surface area contributed by atoms with E-state index in [0.717, 1.165) is 18.7 Å². The van der Waals surface area contributed by atoms with Crippen LogP contribution in [0.1, 0.15) is 28.8 Å². The van der Waals surface area contributed by atoms with Crippen LogP contribution in [-0.4, -0.2) is 40.2 Å². The second-order valence-electron chi connectivity index (χ2n) is 6.40. The van der Waals surface area contributed by atoms with Crippen molar-refractivity contribution >= 4 is 17.5 Å². The van der Waals surface area contributed by atoms with Crippen LogP contribution >= 0.6 is 0 Å². The van der Waals surface area contributed by atoms with Crippen LogP contribution in [0.15, 0.2) is 42.5 Å². The summed E-state index contributed by atoms with van der Waals surface area (Å²) in [6, 6.07) is 11.4. The molecule has 0 bridgehead atoms. The van der Waals surface area contributed by atoms with Crippen molar-refractivity contribution < 1.29 is 19.0 Å². The molecule has 0 spiro atoms. The summed E-state index contributed by atoms with van der Waals surface area (Å²) in [4.78, 5) is 14.8. The van der Waals surface area contributed by atoms with Gasteiger partial charge in [-0.15, -0.1) is 0 Å². The number of rotatable bonds is 7. The van der Waals surface area contributed by atoms with Crippen LogP contribution in [0.3, 0.4) is 0 Å². The fourth-order valence-electron chi connectivity index (χ4n) is 3.28. The molecule has 2 aromatic rings. The maximum atomic E-state index is 12.5. The third-order valence-corrected chi connectivity index (χ3v) is 4.74. The molecule has 1 saturated heterocycles. The summed E-state index contributed by atoms with van der Waals surface area (Å²) in [5.41, 5.74) is 2.64. The second-order valence-corrected chi connectivity index (χ2v) is 6.40. The first-order valence-electron chi connectivity index (χ1n) is 9.03. The third-order valence-electron chi connectivity index (χ3n) is 4.74. The van der Waals surface area contributed by atoms with Crippen molar-refractivity contribution in [1.29, 1.82) is 0 Å². The van der Waals surface area contributed by atoms with Crippen molar-refractivity contribution in [2.45, 2.75) is 12.8 Å². The first-order chi connectivity index (χ1) is 13.2. The molecule has 1 heterocycles. The lowest BCUT2D eigenvalue weighted by Crippen LogP contribution is -2.17. The van der Waals surface area contributed by atoms with Gasteiger partial charge in [0.1, 0.15) is 0 Å². The van der Waals surface area contributed by atoms with Gasteiger partial charge in [0.05, 0.1) is 21.3 Å². The Morgan fingerprint density at radius 3 is 2.04 bits per heavy atom. The number of ketones is 1. The summed E-state index contributed by atoms with van der Waals surface area (Å²) in [6.45, 7) is 2.18. The lowest BCUT2D eigenvalue weighted by atomic mass is 10.1. The Bertz CT molecular complexity index is 796. The zero-order chi connectivity index (χ0) is 19.2. The number of allylic oxidation sites excluding steroid dienone is 1. The summed E-state index contributed by atoms with van der Waals surface area (Å²) in [7, 11) is 4.70. The van der Waals surface area contributed by atoms with Crippen molar-refractivity contribution in [3.63, 3.8) is 0 Å². The molecular formula is C22H25NO4. The highest BCUT2D eigenvalue weighted by atomic mass is 16.5. The van der Waals surface area contributed by atoms with Gasteiger partial charge in [-0.2, -0.15) is 0 Å². The first kappa shape index (κ1) is 18.8. The number of carbonyl (C=O) groups excluding carboxylic acids is 1. The molecule has 0 saturated carbocycles. The number of methoxy groups -OCH3 is 3. The van der Waals surface area contributed by atoms with Gasteiger partial charge in [0, 0.05) is 24.3 Å². The average Bonchev–Trinajstić information content (AvgIpc) is 3.26. The van der Waals surface area contributed by atoms with Gasteiger partial charge >= 0.3 is 0 Å². The van der Waals surface area contributed by atoms with Gasteiger partial charge < -0.3 is 19.1 Å². The Morgan fingerprint density at radius 1 is 0.926 bits per heavy atom. The molecule has 142 valence electrons. The lowest BCUT2D eigenvalue weighted by Gasteiger charge is -2.17. The van der Waals surface area contributed by atoms with Crippen LogP contribution in [0.2, 0.25) is 0 Å². The SMILES string of the molecule is COc1cc(/C=C/C(=O)c2ccc(N3CCCC3)cc2)cc(OC)c1OC. The summed E-state index contributed by atoms with van der Waals surface area (Å²) in [5.74, 6) is 1.59. The summed E-state index contributed by atoms with van der Waals surface area (Å²) >= 11 is 0. The normalized spacial score (nSPS) is 13.8. The molecule has 0 aromatic heterocycles. The largest absolute Gasteiger partial charge is 0.493 e. The number of hydrogen-bond acceptors (Lipinski definition) is 5. The topological polar surface area (TPSA) is 48.0 Å². The first-order valence-corrected chi connectivity index (χ1v) is 9.03. The monoisotopic (exact) mass is 367 g/mol. The average molecular weight is 367 g/mol. The summed E-state index contributed by atoms with van der Waals surface area (Å²) in [5, 5.41) is 0. The molecule has 1 aliphatic rings. The molecule has 0 N–H and O–H groups in total. The number of anilines is 1. The van der Waals surface area contributed by atoms with Crippen molar-refractivity contribution in [1.82, 2.24) is 0 Å². The zero-order valence-electron chi connectivity index (χ0n) is 16.0. The minimum atomic E-state index is -0.0447. The van der Waals surface area contributed by atoms with E-state index in [2.05, 4.69) is 4.90 Å². The molecule has 0 unspecified atom stereocenters. The Labute approximate surface area is 160 Å². The van der Waals surface area contributed by atoms with Crippen LogP contribution in [0, 0.1) is 0 Å². The fraction of sp³-hybridized carbons (Fsp3) is 0.318. The Hall–Kier alpha value is -2.95. The molecule has 0 atom stereocenters. The number of benzene rings is 2. The van der Waals surface area contributed by atoms with E-state index in [1.54, 1.807) is 33.5 Å². The van der Waals surface area contributed by atoms with Crippen molar-refractivity contribution in [3.8, 4) is 17.2 Å². The van der Waals surface area contributed by atoms with Crippen LogP contribution in [-0.2, 0) is 0 Å². The predicted octanol–water partition coefficient (Wildman–Crippen LogP) is 4.21. The van der Waals surface area contributed by atoms with Crippen LogP contribution in [0.4, 0.5) is 5.69 Å². The van der Waals surface area contributed by atoms with Crippen LogP contribution in [0.5, 0.6) is 17.2 Å². The van der Waals surface area contributed by atoms with E-state index in [9.17, 15) is 4.79 Å². The fourth-order valence-corrected chi connectivity index (χ4v) is 3.28. The van der Waals surface area contributed by atoms with E-state index >= 15 is 0 Å². The molecule has 0 radical (unpaired) electrons. The van der Waals surface area contributed by atoms with Crippen molar-refractivity contribution in [2.75, 3.05) is 39.3 Å². The van der Waals surface area contributed by atoms with Gasteiger partial charge in [-0.1, -0.05) is 6.08 Å². The second kappa shape index (κ2) is 8.62. The minimum absolute atomic E-state index is 0.0447. The highest BCUT2D eigenvalue weighted by Gasteiger charge is 2.14. The maximum absolute atomic E-state index is 12.5. The van der Waals surface area contributed by atoms with Gasteiger partial charge in [0.25, 0.3) is 0 Å². The molecule has 1 fully saturated rings. The molecule has 5 nitrogen and oxygen atoms in total.